The lowest BCUT2D eigenvalue weighted by Gasteiger charge is -2.40. The van der Waals surface area contributed by atoms with Gasteiger partial charge in [-0.3, -0.25) is 4.79 Å². The second-order valence-electron chi connectivity index (χ2n) is 13.0. The molecule has 0 bridgehead atoms. The van der Waals surface area contributed by atoms with Crippen LogP contribution in [-0.4, -0.2) is 87.5 Å². The topological polar surface area (TPSA) is 149 Å². The van der Waals surface area contributed by atoms with Gasteiger partial charge in [-0.1, -0.05) is 119 Å². The van der Waals surface area contributed by atoms with Crippen molar-refractivity contribution in [3.63, 3.8) is 0 Å². The Morgan fingerprint density at radius 1 is 0.700 bits per heavy atom. The second-order valence-corrected chi connectivity index (χ2v) is 13.0. The molecule has 0 aliphatic carbocycles. The molecule has 6 N–H and O–H groups in total. The number of hydrogen-bond acceptors (Lipinski definition) is 8. The number of carbonyl (C=O) groups excluding carboxylic acids is 1. The first kappa shape index (κ1) is 45.7. The number of aliphatic hydroxyl groups is 5. The Morgan fingerprint density at radius 3 is 1.92 bits per heavy atom. The largest absolute Gasteiger partial charge is 0.394 e. The van der Waals surface area contributed by atoms with Crippen molar-refractivity contribution in [2.24, 2.45) is 0 Å². The van der Waals surface area contributed by atoms with Crippen LogP contribution in [0.2, 0.25) is 0 Å². The van der Waals surface area contributed by atoms with Gasteiger partial charge >= 0.3 is 0 Å². The third-order valence-electron chi connectivity index (χ3n) is 8.51. The quantitative estimate of drug-likeness (QED) is 0.0375. The zero-order valence-electron chi connectivity index (χ0n) is 30.9. The molecule has 0 radical (unpaired) electrons. The van der Waals surface area contributed by atoms with Gasteiger partial charge in [-0.25, -0.2) is 0 Å². The lowest BCUT2D eigenvalue weighted by molar-refractivity contribution is -0.302. The van der Waals surface area contributed by atoms with Crippen LogP contribution in [0, 0.1) is 0 Å². The van der Waals surface area contributed by atoms with E-state index < -0.39 is 49.5 Å². The molecule has 286 valence electrons. The molecule has 1 aliphatic heterocycles. The van der Waals surface area contributed by atoms with Gasteiger partial charge in [0.2, 0.25) is 5.91 Å². The minimum atomic E-state index is -1.58. The molecular formula is C41H69NO8. The van der Waals surface area contributed by atoms with Crippen molar-refractivity contribution in [2.45, 2.75) is 166 Å². The fraction of sp³-hybridized carbons (Fsp3) is 0.683. The maximum absolute atomic E-state index is 12.8. The highest BCUT2D eigenvalue weighted by molar-refractivity contribution is 5.76. The summed E-state index contributed by atoms with van der Waals surface area (Å²) in [6.45, 7) is 3.55. The SMILES string of the molecule is CC/C=C\C/C=C\C/C=C\C/C=C\CCCCC(=O)NC(COC1OC(CO)C(O)C(O)C1O)C(O)/C=C/CC/C=C/CCCCCCCC. The first-order chi connectivity index (χ1) is 24.3. The van der Waals surface area contributed by atoms with Crippen LogP contribution in [0.5, 0.6) is 0 Å². The molecule has 0 aromatic carbocycles. The van der Waals surface area contributed by atoms with Gasteiger partial charge in [-0.15, -0.1) is 0 Å². The molecule has 7 atom stereocenters. The molecule has 1 saturated heterocycles. The summed E-state index contributed by atoms with van der Waals surface area (Å²) in [6, 6.07) is -0.844. The summed E-state index contributed by atoms with van der Waals surface area (Å²) in [5.41, 5.74) is 0. The number of rotatable bonds is 29. The molecule has 1 amide bonds. The third kappa shape index (κ3) is 22.4. The Hall–Kier alpha value is -2.37. The summed E-state index contributed by atoms with van der Waals surface area (Å²) in [7, 11) is 0. The van der Waals surface area contributed by atoms with Gasteiger partial charge in [0.15, 0.2) is 6.29 Å². The van der Waals surface area contributed by atoms with Crippen LogP contribution in [0.15, 0.2) is 72.9 Å². The van der Waals surface area contributed by atoms with E-state index >= 15 is 0 Å². The van der Waals surface area contributed by atoms with Crippen LogP contribution >= 0.6 is 0 Å². The minimum absolute atomic E-state index is 0.222. The molecular weight excluding hydrogens is 634 g/mol. The van der Waals surface area contributed by atoms with Crippen molar-refractivity contribution in [2.75, 3.05) is 13.2 Å². The van der Waals surface area contributed by atoms with Crippen molar-refractivity contribution in [1.82, 2.24) is 5.32 Å². The van der Waals surface area contributed by atoms with Crippen LogP contribution in [0.3, 0.4) is 0 Å². The van der Waals surface area contributed by atoms with Crippen molar-refractivity contribution in [1.29, 1.82) is 0 Å². The molecule has 1 rings (SSSR count). The average molecular weight is 704 g/mol. The van der Waals surface area contributed by atoms with Crippen molar-refractivity contribution < 1.29 is 39.8 Å². The van der Waals surface area contributed by atoms with Gasteiger partial charge in [-0.2, -0.15) is 0 Å². The second kappa shape index (κ2) is 31.4. The highest BCUT2D eigenvalue weighted by Gasteiger charge is 2.44. The van der Waals surface area contributed by atoms with Crippen LogP contribution in [0.4, 0.5) is 0 Å². The zero-order chi connectivity index (χ0) is 36.7. The van der Waals surface area contributed by atoms with Crippen molar-refractivity contribution in [3.05, 3.63) is 72.9 Å². The average Bonchev–Trinajstić information content (AvgIpc) is 3.11. The third-order valence-corrected chi connectivity index (χ3v) is 8.51. The maximum atomic E-state index is 12.8. The number of unbranched alkanes of at least 4 members (excludes halogenated alkanes) is 9. The summed E-state index contributed by atoms with van der Waals surface area (Å²) < 4.78 is 11.1. The Labute approximate surface area is 302 Å². The highest BCUT2D eigenvalue weighted by atomic mass is 16.7. The summed E-state index contributed by atoms with van der Waals surface area (Å²) in [4.78, 5) is 12.8. The van der Waals surface area contributed by atoms with Crippen LogP contribution in [0.1, 0.15) is 123 Å². The van der Waals surface area contributed by atoms with E-state index in [1.807, 2.05) is 6.08 Å². The first-order valence-corrected chi connectivity index (χ1v) is 19.2. The Balaban J connectivity index is 2.53. The molecule has 9 heteroatoms. The lowest BCUT2D eigenvalue weighted by Crippen LogP contribution is -2.60. The summed E-state index contributed by atoms with van der Waals surface area (Å²) in [6.07, 6.45) is 33.8. The molecule has 0 saturated carbocycles. The molecule has 0 aromatic rings. The molecule has 0 aromatic heterocycles. The molecule has 9 nitrogen and oxygen atoms in total. The van der Waals surface area contributed by atoms with E-state index in [2.05, 4.69) is 79.9 Å². The monoisotopic (exact) mass is 704 g/mol. The summed E-state index contributed by atoms with van der Waals surface area (Å²) in [5.74, 6) is -0.234. The van der Waals surface area contributed by atoms with Crippen molar-refractivity contribution in [3.8, 4) is 0 Å². The van der Waals surface area contributed by atoms with E-state index in [4.69, 9.17) is 9.47 Å². The lowest BCUT2D eigenvalue weighted by atomic mass is 9.99. The van der Waals surface area contributed by atoms with E-state index in [-0.39, 0.29) is 18.9 Å². The van der Waals surface area contributed by atoms with Gasteiger partial charge in [0, 0.05) is 6.42 Å². The number of amides is 1. The Morgan fingerprint density at radius 2 is 1.26 bits per heavy atom. The molecule has 1 fully saturated rings. The van der Waals surface area contributed by atoms with Gasteiger partial charge < -0.3 is 40.3 Å². The molecule has 0 spiro atoms. The van der Waals surface area contributed by atoms with E-state index in [1.54, 1.807) is 6.08 Å². The van der Waals surface area contributed by atoms with Crippen LogP contribution < -0.4 is 5.32 Å². The maximum Gasteiger partial charge on any atom is 0.220 e. The fourth-order valence-corrected chi connectivity index (χ4v) is 5.39. The number of carbonyl (C=O) groups is 1. The number of hydrogen-bond donors (Lipinski definition) is 6. The number of nitrogens with one attached hydrogen (secondary N) is 1. The predicted octanol–water partition coefficient (Wildman–Crippen LogP) is 6.66. The molecule has 50 heavy (non-hydrogen) atoms. The minimum Gasteiger partial charge on any atom is -0.394 e. The van der Waals surface area contributed by atoms with E-state index in [9.17, 15) is 30.3 Å². The molecule has 1 aliphatic rings. The fourth-order valence-electron chi connectivity index (χ4n) is 5.39. The van der Waals surface area contributed by atoms with E-state index in [0.717, 1.165) is 57.8 Å². The smallest absolute Gasteiger partial charge is 0.220 e. The van der Waals surface area contributed by atoms with Gasteiger partial charge in [0.1, 0.15) is 24.4 Å². The highest BCUT2D eigenvalue weighted by Crippen LogP contribution is 2.22. The van der Waals surface area contributed by atoms with Gasteiger partial charge in [0.05, 0.1) is 25.4 Å². The molecule has 7 unspecified atom stereocenters. The normalized spacial score (nSPS) is 23.1. The Kier molecular flexibility index (Phi) is 28.6. The van der Waals surface area contributed by atoms with Crippen LogP contribution in [0.25, 0.3) is 0 Å². The van der Waals surface area contributed by atoms with E-state index in [0.29, 0.717) is 6.42 Å². The van der Waals surface area contributed by atoms with Crippen molar-refractivity contribution >= 4 is 5.91 Å². The number of allylic oxidation sites excluding steroid dienone is 11. The van der Waals surface area contributed by atoms with E-state index in [1.165, 1.54) is 38.5 Å². The zero-order valence-corrected chi connectivity index (χ0v) is 30.9. The van der Waals surface area contributed by atoms with Gasteiger partial charge in [-0.05, 0) is 70.6 Å². The Bertz CT molecular complexity index is 1000. The number of ether oxygens (including phenoxy) is 2. The molecule has 1 heterocycles. The number of aliphatic hydroxyl groups excluding tert-OH is 5. The first-order valence-electron chi connectivity index (χ1n) is 19.2. The van der Waals surface area contributed by atoms with Crippen LogP contribution in [-0.2, 0) is 14.3 Å². The summed E-state index contributed by atoms with van der Waals surface area (Å²) >= 11 is 0. The summed E-state index contributed by atoms with van der Waals surface area (Å²) in [5, 5.41) is 53.8. The standard InChI is InChI=1S/C41H69NO8/c1-3-5-7-9-11-13-15-17-18-19-21-23-25-27-29-31-37(45)42-34(33-49-41-40(48)39(47)38(46)36(32-43)50-41)35(44)30-28-26-24-22-20-16-14-12-10-8-6-4-2/h5,7,11,13,17-18,20-23,28,30,34-36,38-41,43-44,46-48H,3-4,6,8-10,12,14-16,19,24-27,29,31-33H2,1-2H3,(H,42,45)/b7-5-,13-11-,18-17-,22-20+,23-21-,30-28+. The predicted molar refractivity (Wildman–Crippen MR) is 202 cm³/mol. The van der Waals surface area contributed by atoms with Gasteiger partial charge in [0.25, 0.3) is 0 Å².